The Morgan fingerprint density at radius 2 is 2.12 bits per heavy atom. The first kappa shape index (κ1) is 13.5. The zero-order valence-electron chi connectivity index (χ0n) is 13.9. The Bertz CT molecular complexity index is 957. The Hall–Kier alpha value is -2.77. The maximum absolute atomic E-state index is 4.95. The topological polar surface area (TPSA) is 77.5 Å². The van der Waals surface area contributed by atoms with Crippen LogP contribution in [-0.4, -0.2) is 40.3 Å². The molecule has 2 aliphatic carbocycles. The van der Waals surface area contributed by atoms with Crippen LogP contribution in [0.4, 0.5) is 5.82 Å². The molecule has 0 N–H and O–H groups in total. The SMILES string of the molecule is C[C@@H]1CC12c1nncn1-c1cnc(-n3ccnc3)nc1N2C1CCC1. The van der Waals surface area contributed by atoms with Crippen LogP contribution in [-0.2, 0) is 5.54 Å². The fraction of sp³-hybridized carbons (Fsp3) is 0.471. The van der Waals surface area contributed by atoms with Crippen LogP contribution in [0.2, 0.25) is 0 Å². The second-order valence-corrected chi connectivity index (χ2v) is 7.36. The monoisotopic (exact) mass is 334 g/mol. The lowest BCUT2D eigenvalue weighted by atomic mass is 9.88. The molecule has 0 bridgehead atoms. The molecule has 1 aliphatic heterocycles. The molecular formula is C17H18N8. The summed E-state index contributed by atoms with van der Waals surface area (Å²) in [6.07, 6.45) is 13.8. The molecule has 0 aromatic carbocycles. The summed E-state index contributed by atoms with van der Waals surface area (Å²) in [7, 11) is 0. The molecule has 0 amide bonds. The van der Waals surface area contributed by atoms with Crippen molar-refractivity contribution in [3.8, 4) is 11.6 Å². The highest BCUT2D eigenvalue weighted by molar-refractivity contribution is 5.66. The lowest BCUT2D eigenvalue weighted by molar-refractivity contribution is 0.327. The molecule has 2 fully saturated rings. The van der Waals surface area contributed by atoms with E-state index in [4.69, 9.17) is 4.98 Å². The van der Waals surface area contributed by atoms with Gasteiger partial charge in [-0.3, -0.25) is 9.13 Å². The zero-order valence-corrected chi connectivity index (χ0v) is 13.9. The lowest BCUT2D eigenvalue weighted by Gasteiger charge is -2.47. The van der Waals surface area contributed by atoms with E-state index in [1.165, 1.54) is 19.3 Å². The summed E-state index contributed by atoms with van der Waals surface area (Å²) in [6, 6.07) is 0.527. The Morgan fingerprint density at radius 3 is 2.80 bits per heavy atom. The number of hydrogen-bond donors (Lipinski definition) is 0. The third-order valence-corrected chi connectivity index (χ3v) is 6.04. The van der Waals surface area contributed by atoms with Crippen LogP contribution in [0.3, 0.4) is 0 Å². The largest absolute Gasteiger partial charge is 0.338 e. The molecule has 3 aromatic heterocycles. The van der Waals surface area contributed by atoms with Crippen molar-refractivity contribution in [2.75, 3.05) is 4.90 Å². The second-order valence-electron chi connectivity index (χ2n) is 7.36. The van der Waals surface area contributed by atoms with Gasteiger partial charge in [0.05, 0.1) is 6.20 Å². The van der Waals surface area contributed by atoms with Crippen molar-refractivity contribution in [2.45, 2.75) is 44.2 Å². The van der Waals surface area contributed by atoms with E-state index in [2.05, 4.69) is 36.6 Å². The molecule has 8 heteroatoms. The molecule has 4 heterocycles. The average molecular weight is 334 g/mol. The average Bonchev–Trinajstić information content (AvgIpc) is 3.05. The predicted molar refractivity (Wildman–Crippen MR) is 89.6 cm³/mol. The van der Waals surface area contributed by atoms with Crippen LogP contribution in [0.1, 0.15) is 38.4 Å². The lowest BCUT2D eigenvalue weighted by Crippen LogP contribution is -2.52. The number of fused-ring (bicyclic) bond motifs is 4. The van der Waals surface area contributed by atoms with E-state index in [1.807, 2.05) is 17.0 Å². The molecule has 2 saturated carbocycles. The van der Waals surface area contributed by atoms with Gasteiger partial charge in [-0.25, -0.2) is 9.97 Å². The number of rotatable bonds is 2. The van der Waals surface area contributed by atoms with Gasteiger partial charge in [-0.05, 0) is 31.6 Å². The summed E-state index contributed by atoms with van der Waals surface area (Å²) < 4.78 is 3.93. The van der Waals surface area contributed by atoms with Gasteiger partial charge in [0.15, 0.2) is 11.6 Å². The van der Waals surface area contributed by atoms with E-state index in [0.29, 0.717) is 17.9 Å². The standard InChI is InChI=1S/C17H18N8/c1-11-7-17(11)15-22-20-10-24(15)13-8-19-16(23-6-5-18-9-23)21-14(13)25(17)12-3-2-4-12/h5-6,8-12H,2-4,7H2,1H3/t11-,17?/m1/s1. The van der Waals surface area contributed by atoms with Crippen LogP contribution < -0.4 is 4.90 Å². The van der Waals surface area contributed by atoms with Crippen LogP contribution in [0, 0.1) is 5.92 Å². The molecule has 126 valence electrons. The molecule has 0 saturated heterocycles. The minimum atomic E-state index is -0.0604. The predicted octanol–water partition coefficient (Wildman–Crippen LogP) is 1.85. The summed E-state index contributed by atoms with van der Waals surface area (Å²) in [6.45, 7) is 2.30. The highest BCUT2D eigenvalue weighted by Crippen LogP contribution is 2.61. The Labute approximate surface area is 144 Å². The Morgan fingerprint density at radius 1 is 1.24 bits per heavy atom. The summed E-state index contributed by atoms with van der Waals surface area (Å²) >= 11 is 0. The quantitative estimate of drug-likeness (QED) is 0.712. The van der Waals surface area contributed by atoms with Crippen molar-refractivity contribution < 1.29 is 0 Å². The molecule has 25 heavy (non-hydrogen) atoms. The molecule has 1 unspecified atom stereocenters. The first-order chi connectivity index (χ1) is 12.3. The first-order valence-corrected chi connectivity index (χ1v) is 8.84. The van der Waals surface area contributed by atoms with E-state index in [-0.39, 0.29) is 5.54 Å². The fourth-order valence-electron chi connectivity index (χ4n) is 4.41. The fourth-order valence-corrected chi connectivity index (χ4v) is 4.41. The molecule has 3 aliphatic rings. The highest BCUT2D eigenvalue weighted by Gasteiger charge is 2.64. The maximum atomic E-state index is 4.95. The molecule has 6 rings (SSSR count). The smallest absolute Gasteiger partial charge is 0.236 e. The van der Waals surface area contributed by atoms with Gasteiger partial charge >= 0.3 is 0 Å². The van der Waals surface area contributed by atoms with Gasteiger partial charge < -0.3 is 4.90 Å². The first-order valence-electron chi connectivity index (χ1n) is 8.84. The van der Waals surface area contributed by atoms with Crippen molar-refractivity contribution in [2.24, 2.45) is 5.92 Å². The number of imidazole rings is 1. The van der Waals surface area contributed by atoms with E-state index in [1.54, 1.807) is 18.9 Å². The molecular weight excluding hydrogens is 316 g/mol. The summed E-state index contributed by atoms with van der Waals surface area (Å²) in [5, 5.41) is 8.68. The molecule has 2 atom stereocenters. The van der Waals surface area contributed by atoms with E-state index in [0.717, 1.165) is 23.8 Å². The van der Waals surface area contributed by atoms with Crippen LogP contribution in [0.15, 0.2) is 31.2 Å². The van der Waals surface area contributed by atoms with Crippen LogP contribution in [0.25, 0.3) is 11.6 Å². The van der Waals surface area contributed by atoms with Crippen molar-refractivity contribution >= 4 is 5.82 Å². The Balaban J connectivity index is 1.60. The van der Waals surface area contributed by atoms with Crippen molar-refractivity contribution in [3.05, 3.63) is 37.1 Å². The molecule has 0 radical (unpaired) electrons. The third-order valence-electron chi connectivity index (χ3n) is 6.04. The van der Waals surface area contributed by atoms with Crippen molar-refractivity contribution in [3.63, 3.8) is 0 Å². The molecule has 3 aromatic rings. The molecule has 1 spiro atoms. The van der Waals surface area contributed by atoms with Gasteiger partial charge in [0.1, 0.15) is 23.9 Å². The van der Waals surface area contributed by atoms with E-state index in [9.17, 15) is 0 Å². The van der Waals surface area contributed by atoms with Crippen molar-refractivity contribution in [1.29, 1.82) is 0 Å². The third kappa shape index (κ3) is 1.59. The highest BCUT2D eigenvalue weighted by atomic mass is 15.4. The normalized spacial score (nSPS) is 27.1. The maximum Gasteiger partial charge on any atom is 0.236 e. The van der Waals surface area contributed by atoms with Gasteiger partial charge in [0, 0.05) is 18.4 Å². The number of nitrogens with zero attached hydrogens (tertiary/aromatic N) is 8. The van der Waals surface area contributed by atoms with Gasteiger partial charge in [-0.1, -0.05) is 6.92 Å². The summed E-state index contributed by atoms with van der Waals surface area (Å²) in [5.41, 5.74) is 0.912. The second kappa shape index (κ2) is 4.44. The van der Waals surface area contributed by atoms with E-state index >= 15 is 0 Å². The molecule has 8 nitrogen and oxygen atoms in total. The van der Waals surface area contributed by atoms with Gasteiger partial charge in [0.2, 0.25) is 5.95 Å². The number of anilines is 1. The minimum Gasteiger partial charge on any atom is -0.338 e. The van der Waals surface area contributed by atoms with Crippen LogP contribution >= 0.6 is 0 Å². The van der Waals surface area contributed by atoms with Gasteiger partial charge in [-0.15, -0.1) is 10.2 Å². The van der Waals surface area contributed by atoms with Gasteiger partial charge in [-0.2, -0.15) is 4.98 Å². The van der Waals surface area contributed by atoms with E-state index < -0.39 is 0 Å². The summed E-state index contributed by atoms with van der Waals surface area (Å²) in [5.74, 6) is 3.25. The van der Waals surface area contributed by atoms with Crippen LogP contribution in [0.5, 0.6) is 0 Å². The summed E-state index contributed by atoms with van der Waals surface area (Å²) in [4.78, 5) is 16.1. The van der Waals surface area contributed by atoms with Crippen molar-refractivity contribution in [1.82, 2.24) is 34.3 Å². The minimum absolute atomic E-state index is 0.0604. The number of hydrogen-bond acceptors (Lipinski definition) is 6. The number of aromatic nitrogens is 7. The Kier molecular flexibility index (Phi) is 2.40. The zero-order chi connectivity index (χ0) is 16.6. The van der Waals surface area contributed by atoms with Gasteiger partial charge in [0.25, 0.3) is 0 Å².